The van der Waals surface area contributed by atoms with E-state index in [2.05, 4.69) is 16.8 Å². The third-order valence-corrected chi connectivity index (χ3v) is 4.67. The van der Waals surface area contributed by atoms with Gasteiger partial charge in [0, 0.05) is 18.2 Å². The predicted octanol–water partition coefficient (Wildman–Crippen LogP) is 4.34. The van der Waals surface area contributed by atoms with Crippen LogP contribution in [0.5, 0.6) is 0 Å². The fourth-order valence-electron chi connectivity index (χ4n) is 3.03. The lowest BCUT2D eigenvalue weighted by molar-refractivity contribution is 0.213. The Morgan fingerprint density at radius 3 is 2.74 bits per heavy atom. The second-order valence-corrected chi connectivity index (χ2v) is 6.40. The molecular weight excluding hydrogens is 308 g/mol. The van der Waals surface area contributed by atoms with Crippen molar-refractivity contribution < 1.29 is 4.42 Å². The highest BCUT2D eigenvalue weighted by Crippen LogP contribution is 2.29. The van der Waals surface area contributed by atoms with E-state index in [1.54, 1.807) is 0 Å². The number of piperidine rings is 1. The van der Waals surface area contributed by atoms with Crippen molar-refractivity contribution in [1.29, 1.82) is 0 Å². The van der Waals surface area contributed by atoms with Gasteiger partial charge in [0.2, 0.25) is 0 Å². The Labute approximate surface area is 142 Å². The van der Waals surface area contributed by atoms with Gasteiger partial charge < -0.3 is 9.73 Å². The van der Waals surface area contributed by atoms with Crippen molar-refractivity contribution in [3.05, 3.63) is 59.8 Å². The molecule has 23 heavy (non-hydrogen) atoms. The van der Waals surface area contributed by atoms with Crippen LogP contribution in [0, 0.1) is 0 Å². The molecule has 0 unspecified atom stereocenters. The molecule has 1 aliphatic heterocycles. The second-order valence-electron chi connectivity index (χ2n) is 5.99. The molecule has 4 heteroatoms. The highest BCUT2D eigenvalue weighted by molar-refractivity contribution is 6.33. The molecule has 1 N–H and O–H groups in total. The molecule has 1 aromatic carbocycles. The summed E-state index contributed by atoms with van der Waals surface area (Å²) in [6.07, 6.45) is 4.32. The van der Waals surface area contributed by atoms with E-state index < -0.39 is 0 Å². The SMILES string of the molecule is C=CCN1CCC(NCc2ccc(-c3ccccc3Cl)o2)CC1. The summed E-state index contributed by atoms with van der Waals surface area (Å²) in [6.45, 7) is 7.82. The minimum absolute atomic E-state index is 0.560. The van der Waals surface area contributed by atoms with Crippen LogP contribution in [0.15, 0.2) is 53.5 Å². The fourth-order valence-corrected chi connectivity index (χ4v) is 3.25. The van der Waals surface area contributed by atoms with Crippen molar-refractivity contribution in [1.82, 2.24) is 10.2 Å². The van der Waals surface area contributed by atoms with Crippen LogP contribution >= 0.6 is 11.6 Å². The van der Waals surface area contributed by atoms with Gasteiger partial charge in [-0.25, -0.2) is 0 Å². The van der Waals surface area contributed by atoms with E-state index in [1.807, 2.05) is 42.5 Å². The van der Waals surface area contributed by atoms with Crippen molar-refractivity contribution in [2.24, 2.45) is 0 Å². The average Bonchev–Trinajstić information content (AvgIpc) is 3.04. The van der Waals surface area contributed by atoms with E-state index in [0.29, 0.717) is 6.04 Å². The summed E-state index contributed by atoms with van der Waals surface area (Å²) in [5.41, 5.74) is 0.943. The molecule has 0 saturated carbocycles. The molecular formula is C19H23ClN2O. The number of hydrogen-bond acceptors (Lipinski definition) is 3. The molecule has 1 aromatic heterocycles. The topological polar surface area (TPSA) is 28.4 Å². The molecule has 1 fully saturated rings. The van der Waals surface area contributed by atoms with Crippen LogP contribution in [-0.4, -0.2) is 30.6 Å². The van der Waals surface area contributed by atoms with Gasteiger partial charge in [0.05, 0.1) is 11.6 Å². The summed E-state index contributed by atoms with van der Waals surface area (Å²) in [5, 5.41) is 4.32. The zero-order chi connectivity index (χ0) is 16.1. The maximum atomic E-state index is 6.22. The molecule has 122 valence electrons. The second kappa shape index (κ2) is 7.82. The van der Waals surface area contributed by atoms with Gasteiger partial charge >= 0.3 is 0 Å². The van der Waals surface area contributed by atoms with Crippen LogP contribution in [0.25, 0.3) is 11.3 Å². The van der Waals surface area contributed by atoms with E-state index in [0.717, 1.165) is 48.3 Å². The van der Waals surface area contributed by atoms with Crippen molar-refractivity contribution in [2.75, 3.05) is 19.6 Å². The van der Waals surface area contributed by atoms with Crippen molar-refractivity contribution >= 4 is 11.6 Å². The summed E-state index contributed by atoms with van der Waals surface area (Å²) in [5.74, 6) is 1.78. The van der Waals surface area contributed by atoms with E-state index in [9.17, 15) is 0 Å². The Hall–Kier alpha value is -1.55. The first-order chi connectivity index (χ1) is 11.3. The Kier molecular flexibility index (Phi) is 5.55. The number of hydrogen-bond donors (Lipinski definition) is 1. The molecule has 3 rings (SSSR count). The number of rotatable bonds is 6. The number of likely N-dealkylation sites (tertiary alicyclic amines) is 1. The minimum atomic E-state index is 0.560. The molecule has 0 radical (unpaired) electrons. The maximum absolute atomic E-state index is 6.22. The van der Waals surface area contributed by atoms with Crippen molar-refractivity contribution in [3.63, 3.8) is 0 Å². The highest BCUT2D eigenvalue weighted by Gasteiger charge is 2.18. The standard InChI is InChI=1S/C19H23ClN2O/c1-2-11-22-12-9-15(10-13-22)21-14-16-7-8-19(23-16)17-5-3-4-6-18(17)20/h2-8,15,21H,1,9-14H2. The normalized spacial score (nSPS) is 16.6. The predicted molar refractivity (Wildman–Crippen MR) is 95.7 cm³/mol. The first kappa shape index (κ1) is 16.3. The molecule has 3 nitrogen and oxygen atoms in total. The third-order valence-electron chi connectivity index (χ3n) is 4.34. The molecule has 0 aliphatic carbocycles. The number of nitrogens with zero attached hydrogens (tertiary/aromatic N) is 1. The molecule has 1 saturated heterocycles. The number of benzene rings is 1. The zero-order valence-electron chi connectivity index (χ0n) is 13.3. The summed E-state index contributed by atoms with van der Waals surface area (Å²) < 4.78 is 5.93. The van der Waals surface area contributed by atoms with Crippen LogP contribution in [-0.2, 0) is 6.54 Å². The average molecular weight is 331 g/mol. The van der Waals surface area contributed by atoms with Crippen molar-refractivity contribution in [3.8, 4) is 11.3 Å². The molecule has 0 amide bonds. The van der Waals surface area contributed by atoms with Crippen LogP contribution in [0.4, 0.5) is 0 Å². The maximum Gasteiger partial charge on any atom is 0.135 e. The Morgan fingerprint density at radius 2 is 2.00 bits per heavy atom. The van der Waals surface area contributed by atoms with Crippen LogP contribution in [0.1, 0.15) is 18.6 Å². The molecule has 0 spiro atoms. The van der Waals surface area contributed by atoms with Gasteiger partial charge in [0.15, 0.2) is 0 Å². The summed E-state index contributed by atoms with van der Waals surface area (Å²) in [6, 6.07) is 12.3. The zero-order valence-corrected chi connectivity index (χ0v) is 14.1. The number of nitrogens with one attached hydrogen (secondary N) is 1. The van der Waals surface area contributed by atoms with Gasteiger partial charge in [-0.3, -0.25) is 4.90 Å². The summed E-state index contributed by atoms with van der Waals surface area (Å²) in [7, 11) is 0. The van der Waals surface area contributed by atoms with Gasteiger partial charge in [-0.1, -0.05) is 29.8 Å². The lowest BCUT2D eigenvalue weighted by atomic mass is 10.1. The monoisotopic (exact) mass is 330 g/mol. The number of halogens is 1. The van der Waals surface area contributed by atoms with Crippen LogP contribution in [0.3, 0.4) is 0 Å². The van der Waals surface area contributed by atoms with Gasteiger partial charge in [-0.05, 0) is 50.2 Å². The third kappa shape index (κ3) is 4.25. The summed E-state index contributed by atoms with van der Waals surface area (Å²) in [4.78, 5) is 2.44. The first-order valence-corrected chi connectivity index (χ1v) is 8.54. The largest absolute Gasteiger partial charge is 0.460 e. The Morgan fingerprint density at radius 1 is 1.22 bits per heavy atom. The molecule has 0 atom stereocenters. The smallest absolute Gasteiger partial charge is 0.135 e. The lowest BCUT2D eigenvalue weighted by Gasteiger charge is -2.31. The van der Waals surface area contributed by atoms with E-state index in [1.165, 1.54) is 12.8 Å². The van der Waals surface area contributed by atoms with E-state index in [-0.39, 0.29) is 0 Å². The quantitative estimate of drug-likeness (QED) is 0.799. The summed E-state index contributed by atoms with van der Waals surface area (Å²) >= 11 is 6.22. The van der Waals surface area contributed by atoms with Crippen molar-refractivity contribution in [2.45, 2.75) is 25.4 Å². The minimum Gasteiger partial charge on any atom is -0.460 e. The Balaban J connectivity index is 1.52. The Bertz CT molecular complexity index is 644. The highest BCUT2D eigenvalue weighted by atomic mass is 35.5. The molecule has 2 aromatic rings. The lowest BCUT2D eigenvalue weighted by Crippen LogP contribution is -2.42. The van der Waals surface area contributed by atoms with Crippen LogP contribution in [0.2, 0.25) is 5.02 Å². The van der Waals surface area contributed by atoms with Crippen LogP contribution < -0.4 is 5.32 Å². The molecule has 2 heterocycles. The molecule has 0 bridgehead atoms. The fraction of sp³-hybridized carbons (Fsp3) is 0.368. The van der Waals surface area contributed by atoms with E-state index >= 15 is 0 Å². The van der Waals surface area contributed by atoms with Gasteiger partial charge in [0.1, 0.15) is 11.5 Å². The van der Waals surface area contributed by atoms with Gasteiger partial charge in [0.25, 0.3) is 0 Å². The first-order valence-electron chi connectivity index (χ1n) is 8.16. The van der Waals surface area contributed by atoms with Gasteiger partial charge in [-0.15, -0.1) is 6.58 Å². The van der Waals surface area contributed by atoms with E-state index in [4.69, 9.17) is 16.0 Å². The molecule has 1 aliphatic rings. The number of furan rings is 1. The van der Waals surface area contributed by atoms with Gasteiger partial charge in [-0.2, -0.15) is 0 Å².